The van der Waals surface area contributed by atoms with Crippen molar-refractivity contribution >= 4 is 5.96 Å². The van der Waals surface area contributed by atoms with Gasteiger partial charge in [0.05, 0.1) is 19.8 Å². The van der Waals surface area contributed by atoms with Crippen LogP contribution in [-0.2, 0) is 19.5 Å². The van der Waals surface area contributed by atoms with Crippen molar-refractivity contribution in [2.75, 3.05) is 26.8 Å². The van der Waals surface area contributed by atoms with E-state index in [0.29, 0.717) is 19.8 Å². The zero-order valence-electron chi connectivity index (χ0n) is 16.7. The van der Waals surface area contributed by atoms with Crippen LogP contribution in [0, 0.1) is 0 Å². The molecular formula is C19H30N6O2. The van der Waals surface area contributed by atoms with E-state index in [4.69, 9.17) is 9.47 Å². The highest BCUT2D eigenvalue weighted by Gasteiger charge is 2.07. The van der Waals surface area contributed by atoms with Crippen molar-refractivity contribution in [3.63, 3.8) is 0 Å². The van der Waals surface area contributed by atoms with Gasteiger partial charge in [0.2, 0.25) is 0 Å². The van der Waals surface area contributed by atoms with Gasteiger partial charge in [-0.3, -0.25) is 4.99 Å². The molecule has 27 heavy (non-hydrogen) atoms. The first-order valence-electron chi connectivity index (χ1n) is 9.41. The van der Waals surface area contributed by atoms with E-state index in [0.717, 1.165) is 42.8 Å². The van der Waals surface area contributed by atoms with Gasteiger partial charge in [0.1, 0.15) is 6.33 Å². The number of nitrogens with one attached hydrogen (secondary N) is 2. The van der Waals surface area contributed by atoms with Crippen LogP contribution in [0.4, 0.5) is 0 Å². The number of hydrogen-bond acceptors (Lipinski definition) is 5. The summed E-state index contributed by atoms with van der Waals surface area (Å²) in [6, 6.07) is 6.07. The summed E-state index contributed by atoms with van der Waals surface area (Å²) in [7, 11) is 1.75. The van der Waals surface area contributed by atoms with Crippen molar-refractivity contribution in [2.24, 2.45) is 4.99 Å². The summed E-state index contributed by atoms with van der Waals surface area (Å²) in [6.07, 6.45) is 2.58. The maximum absolute atomic E-state index is 5.68. The second-order valence-corrected chi connectivity index (χ2v) is 5.78. The molecule has 8 heteroatoms. The fourth-order valence-corrected chi connectivity index (χ4v) is 2.64. The van der Waals surface area contributed by atoms with Crippen LogP contribution in [0.5, 0.6) is 11.5 Å². The molecule has 148 valence electrons. The van der Waals surface area contributed by atoms with Gasteiger partial charge in [-0.2, -0.15) is 0 Å². The average Bonchev–Trinajstić information content (AvgIpc) is 3.14. The molecule has 0 saturated carbocycles. The van der Waals surface area contributed by atoms with E-state index in [1.807, 2.05) is 30.5 Å². The molecule has 0 aliphatic heterocycles. The summed E-state index contributed by atoms with van der Waals surface area (Å²) in [5.74, 6) is 3.19. The summed E-state index contributed by atoms with van der Waals surface area (Å²) < 4.78 is 13.3. The van der Waals surface area contributed by atoms with Crippen LogP contribution in [0.15, 0.2) is 29.5 Å². The maximum atomic E-state index is 5.68. The zero-order chi connectivity index (χ0) is 19.5. The highest BCUT2D eigenvalue weighted by Crippen LogP contribution is 2.28. The van der Waals surface area contributed by atoms with Crippen LogP contribution in [-0.4, -0.2) is 47.5 Å². The van der Waals surface area contributed by atoms with Gasteiger partial charge in [0.15, 0.2) is 23.3 Å². The molecule has 1 heterocycles. The van der Waals surface area contributed by atoms with E-state index in [1.165, 1.54) is 5.56 Å². The van der Waals surface area contributed by atoms with Gasteiger partial charge in [0.25, 0.3) is 0 Å². The first kappa shape index (κ1) is 20.5. The minimum Gasteiger partial charge on any atom is -0.490 e. The molecule has 8 nitrogen and oxygen atoms in total. The molecule has 0 spiro atoms. The Morgan fingerprint density at radius 3 is 2.59 bits per heavy atom. The number of aliphatic imine (C=N–C) groups is 1. The Morgan fingerprint density at radius 2 is 1.89 bits per heavy atom. The summed E-state index contributed by atoms with van der Waals surface area (Å²) in [4.78, 5) is 4.25. The minimum absolute atomic E-state index is 0.574. The lowest BCUT2D eigenvalue weighted by Crippen LogP contribution is -2.38. The Bertz CT molecular complexity index is 729. The van der Waals surface area contributed by atoms with Crippen LogP contribution in [0.25, 0.3) is 0 Å². The second-order valence-electron chi connectivity index (χ2n) is 5.78. The molecule has 0 amide bonds. The molecule has 2 N–H and O–H groups in total. The topological polar surface area (TPSA) is 85.6 Å². The van der Waals surface area contributed by atoms with Crippen molar-refractivity contribution in [2.45, 2.75) is 40.3 Å². The van der Waals surface area contributed by atoms with E-state index >= 15 is 0 Å². The molecule has 0 unspecified atom stereocenters. The van der Waals surface area contributed by atoms with E-state index < -0.39 is 0 Å². The third kappa shape index (κ3) is 6.16. The van der Waals surface area contributed by atoms with Crippen LogP contribution in [0.1, 0.15) is 32.2 Å². The molecule has 0 saturated heterocycles. The lowest BCUT2D eigenvalue weighted by molar-refractivity contribution is 0.287. The normalized spacial score (nSPS) is 11.3. The quantitative estimate of drug-likeness (QED) is 0.489. The molecule has 0 fully saturated rings. The van der Waals surface area contributed by atoms with E-state index in [2.05, 4.69) is 38.8 Å². The predicted octanol–water partition coefficient (Wildman–Crippen LogP) is 2.00. The average molecular weight is 374 g/mol. The Labute approximate surface area is 161 Å². The van der Waals surface area contributed by atoms with Crippen LogP contribution < -0.4 is 20.1 Å². The number of rotatable bonds is 10. The molecule has 0 aliphatic carbocycles. The minimum atomic E-state index is 0.574. The molecule has 0 radical (unpaired) electrons. The molecule has 2 rings (SSSR count). The number of aromatic nitrogens is 3. The number of aryl methyl sites for hydroxylation is 1. The molecule has 0 aliphatic rings. The molecule has 0 atom stereocenters. The van der Waals surface area contributed by atoms with Gasteiger partial charge in [-0.1, -0.05) is 6.07 Å². The van der Waals surface area contributed by atoms with Crippen LogP contribution in [0.2, 0.25) is 0 Å². The van der Waals surface area contributed by atoms with Gasteiger partial charge < -0.3 is 24.7 Å². The van der Waals surface area contributed by atoms with E-state index in [9.17, 15) is 0 Å². The molecule has 1 aromatic heterocycles. The summed E-state index contributed by atoms with van der Waals surface area (Å²) in [6.45, 7) is 9.40. The first-order chi connectivity index (χ1) is 13.2. The summed E-state index contributed by atoms with van der Waals surface area (Å²) in [5, 5.41) is 14.6. The number of nitrogens with zero attached hydrogens (tertiary/aromatic N) is 4. The maximum Gasteiger partial charge on any atom is 0.191 e. The third-order valence-corrected chi connectivity index (χ3v) is 3.99. The van der Waals surface area contributed by atoms with Gasteiger partial charge in [-0.25, -0.2) is 0 Å². The predicted molar refractivity (Wildman–Crippen MR) is 106 cm³/mol. The zero-order valence-corrected chi connectivity index (χ0v) is 16.7. The van der Waals surface area contributed by atoms with Crippen molar-refractivity contribution < 1.29 is 9.47 Å². The van der Waals surface area contributed by atoms with E-state index in [1.54, 1.807) is 13.4 Å². The number of hydrogen-bond donors (Lipinski definition) is 2. The smallest absolute Gasteiger partial charge is 0.191 e. The van der Waals surface area contributed by atoms with Gasteiger partial charge >= 0.3 is 0 Å². The first-order valence-corrected chi connectivity index (χ1v) is 9.41. The molecular weight excluding hydrogens is 344 g/mol. The van der Waals surface area contributed by atoms with Gasteiger partial charge in [0, 0.05) is 20.1 Å². The number of ether oxygens (including phenoxy) is 2. The summed E-state index contributed by atoms with van der Waals surface area (Å²) in [5.41, 5.74) is 1.18. The number of benzene rings is 1. The van der Waals surface area contributed by atoms with Gasteiger partial charge in [-0.05, 0) is 44.9 Å². The van der Waals surface area contributed by atoms with Crippen molar-refractivity contribution in [1.29, 1.82) is 0 Å². The molecule has 2 aromatic rings. The third-order valence-electron chi connectivity index (χ3n) is 3.99. The summed E-state index contributed by atoms with van der Waals surface area (Å²) >= 11 is 0. The van der Waals surface area contributed by atoms with Crippen molar-refractivity contribution in [3.05, 3.63) is 35.9 Å². The van der Waals surface area contributed by atoms with Gasteiger partial charge in [-0.15, -0.1) is 10.2 Å². The van der Waals surface area contributed by atoms with Crippen molar-refractivity contribution in [1.82, 2.24) is 25.4 Å². The lowest BCUT2D eigenvalue weighted by atomic mass is 10.1. The molecule has 0 bridgehead atoms. The lowest BCUT2D eigenvalue weighted by Gasteiger charge is -2.14. The fourth-order valence-electron chi connectivity index (χ4n) is 2.64. The van der Waals surface area contributed by atoms with Crippen LogP contribution >= 0.6 is 0 Å². The highest BCUT2D eigenvalue weighted by atomic mass is 16.5. The Hall–Kier alpha value is -2.77. The second kappa shape index (κ2) is 11.1. The van der Waals surface area contributed by atoms with E-state index in [-0.39, 0.29) is 0 Å². The Balaban J connectivity index is 1.85. The fraction of sp³-hybridized carbons (Fsp3) is 0.526. The SMILES string of the molecule is CCOc1ccc(CCNC(=NC)NCc2nncn2CC)cc1OCC. The largest absolute Gasteiger partial charge is 0.490 e. The van der Waals surface area contributed by atoms with Crippen molar-refractivity contribution in [3.8, 4) is 11.5 Å². The standard InChI is InChI=1S/C19H30N6O2/c1-5-25-14-23-24-18(25)13-22-19(20-4)21-11-10-15-8-9-16(26-6-2)17(12-15)27-7-3/h8-9,12,14H,5-7,10-11,13H2,1-4H3,(H2,20,21,22). The Kier molecular flexibility index (Phi) is 8.41. The Morgan fingerprint density at radius 1 is 1.11 bits per heavy atom. The number of guanidine groups is 1. The highest BCUT2D eigenvalue weighted by molar-refractivity contribution is 5.79. The monoisotopic (exact) mass is 374 g/mol. The van der Waals surface area contributed by atoms with Crippen LogP contribution in [0.3, 0.4) is 0 Å². The molecule has 1 aromatic carbocycles.